The van der Waals surface area contributed by atoms with E-state index in [1.54, 1.807) is 24.0 Å². The number of piperazine rings is 1. The van der Waals surface area contributed by atoms with Gasteiger partial charge in [0.1, 0.15) is 5.82 Å². The van der Waals surface area contributed by atoms with Gasteiger partial charge in [-0.25, -0.2) is 4.39 Å². The van der Waals surface area contributed by atoms with Crippen LogP contribution in [0.25, 0.3) is 28.1 Å². The second-order valence-electron chi connectivity index (χ2n) is 8.72. The quantitative estimate of drug-likeness (QED) is 0.291. The molecule has 1 aliphatic heterocycles. The Labute approximate surface area is 210 Å². The van der Waals surface area contributed by atoms with Crippen LogP contribution < -0.4 is 10.6 Å². The number of thioether (sulfide) groups is 1. The average Bonchev–Trinajstić information content (AvgIpc) is 2.89. The van der Waals surface area contributed by atoms with E-state index in [-0.39, 0.29) is 5.82 Å². The third kappa shape index (κ3) is 5.25. The molecule has 3 aromatic carbocycles. The van der Waals surface area contributed by atoms with E-state index in [9.17, 15) is 0 Å². The van der Waals surface area contributed by atoms with E-state index in [0.717, 1.165) is 71.7 Å². The van der Waals surface area contributed by atoms with Gasteiger partial charge in [-0.15, -0.1) is 11.8 Å². The lowest BCUT2D eigenvalue weighted by Crippen LogP contribution is -2.42. The van der Waals surface area contributed by atoms with Crippen molar-refractivity contribution < 1.29 is 4.39 Å². The molecule has 0 unspecified atom stereocenters. The molecule has 0 saturated carbocycles. The van der Waals surface area contributed by atoms with Gasteiger partial charge in [-0.2, -0.15) is 0 Å². The van der Waals surface area contributed by atoms with Crippen molar-refractivity contribution in [2.24, 2.45) is 0 Å². The highest BCUT2D eigenvalue weighted by Crippen LogP contribution is 2.33. The number of halogens is 1. The Bertz CT molecular complexity index is 1360. The molecule has 0 amide bonds. The first-order valence-corrected chi connectivity index (χ1v) is 13.1. The Morgan fingerprint density at radius 1 is 1.09 bits per heavy atom. The van der Waals surface area contributed by atoms with E-state index in [1.807, 2.05) is 42.5 Å². The van der Waals surface area contributed by atoms with E-state index in [1.165, 1.54) is 4.90 Å². The van der Waals surface area contributed by atoms with Crippen LogP contribution in [0.3, 0.4) is 0 Å². The zero-order chi connectivity index (χ0) is 24.2. The van der Waals surface area contributed by atoms with Crippen molar-refractivity contribution >= 4 is 40.1 Å². The summed E-state index contributed by atoms with van der Waals surface area (Å²) in [5.74, 6) is -0.196. The molecule has 0 radical (unpaired) electrons. The third-order valence-corrected chi connectivity index (χ3v) is 7.24. The minimum absolute atomic E-state index is 0.196. The standard InChI is InChI=1S/C29H29FN4S/c1-3-21-17-23(6-9-29(21)35-2)33-28-10-11-32-27-8-5-22(18-25(27)28)24-7-4-20(16-26(24)30)19-34-14-12-31-13-15-34/h3-11,16-18,31H,1,12-15,19H2,2H3,(H,32,33). The van der Waals surface area contributed by atoms with Crippen LogP contribution in [0.4, 0.5) is 15.8 Å². The minimum atomic E-state index is -0.196. The topological polar surface area (TPSA) is 40.2 Å². The summed E-state index contributed by atoms with van der Waals surface area (Å²) in [5.41, 5.74) is 6.29. The van der Waals surface area contributed by atoms with Gasteiger partial charge in [0.2, 0.25) is 0 Å². The molecule has 0 atom stereocenters. The Balaban J connectivity index is 1.44. The predicted molar refractivity (Wildman–Crippen MR) is 147 cm³/mol. The molecule has 4 aromatic rings. The molecule has 1 aliphatic rings. The summed E-state index contributed by atoms with van der Waals surface area (Å²) in [6.07, 6.45) is 5.72. The molecule has 0 aliphatic carbocycles. The SMILES string of the molecule is C=Cc1cc(Nc2ccnc3ccc(-c4ccc(CN5CCNCC5)cc4F)cc23)ccc1SC. The molecular weight excluding hydrogens is 455 g/mol. The van der Waals surface area contributed by atoms with E-state index >= 15 is 4.39 Å². The van der Waals surface area contributed by atoms with Crippen LogP contribution in [0, 0.1) is 5.82 Å². The smallest absolute Gasteiger partial charge is 0.131 e. The first kappa shape index (κ1) is 23.5. The number of nitrogens with one attached hydrogen (secondary N) is 2. The van der Waals surface area contributed by atoms with Gasteiger partial charge in [0.05, 0.1) is 5.52 Å². The van der Waals surface area contributed by atoms with Crippen molar-refractivity contribution in [1.29, 1.82) is 0 Å². The largest absolute Gasteiger partial charge is 0.355 e. The Morgan fingerprint density at radius 3 is 2.71 bits per heavy atom. The molecular formula is C29H29FN4S. The van der Waals surface area contributed by atoms with Crippen LogP contribution in [0.15, 0.2) is 78.3 Å². The molecule has 1 saturated heterocycles. The predicted octanol–water partition coefficient (Wildman–Crippen LogP) is 6.55. The fraction of sp³-hybridized carbons (Fsp3) is 0.207. The van der Waals surface area contributed by atoms with Crippen molar-refractivity contribution in [2.45, 2.75) is 11.4 Å². The highest BCUT2D eigenvalue weighted by molar-refractivity contribution is 7.98. The molecule has 4 nitrogen and oxygen atoms in total. The van der Waals surface area contributed by atoms with Crippen molar-refractivity contribution in [1.82, 2.24) is 15.2 Å². The zero-order valence-electron chi connectivity index (χ0n) is 19.9. The molecule has 6 heteroatoms. The van der Waals surface area contributed by atoms with Gasteiger partial charge in [0, 0.05) is 66.1 Å². The lowest BCUT2D eigenvalue weighted by Gasteiger charge is -2.27. The van der Waals surface area contributed by atoms with E-state index < -0.39 is 0 Å². The number of aromatic nitrogens is 1. The number of benzene rings is 3. The summed E-state index contributed by atoms with van der Waals surface area (Å²) >= 11 is 1.70. The molecule has 5 rings (SSSR count). The monoisotopic (exact) mass is 484 g/mol. The van der Waals surface area contributed by atoms with Gasteiger partial charge >= 0.3 is 0 Å². The summed E-state index contributed by atoms with van der Waals surface area (Å²) in [6.45, 7) is 8.66. The van der Waals surface area contributed by atoms with Crippen LogP contribution in [0.2, 0.25) is 0 Å². The molecule has 0 bridgehead atoms. The number of rotatable bonds is 7. The van der Waals surface area contributed by atoms with Gasteiger partial charge in [-0.1, -0.05) is 30.9 Å². The van der Waals surface area contributed by atoms with Gasteiger partial charge in [-0.05, 0) is 65.4 Å². The summed E-state index contributed by atoms with van der Waals surface area (Å²) in [6, 6.07) is 19.7. The van der Waals surface area contributed by atoms with Gasteiger partial charge in [0.15, 0.2) is 0 Å². The number of fused-ring (bicyclic) bond motifs is 1. The van der Waals surface area contributed by atoms with E-state index in [4.69, 9.17) is 0 Å². The number of anilines is 2. The van der Waals surface area contributed by atoms with Gasteiger partial charge < -0.3 is 10.6 Å². The van der Waals surface area contributed by atoms with Crippen LogP contribution in [0.1, 0.15) is 11.1 Å². The van der Waals surface area contributed by atoms with Crippen LogP contribution in [-0.2, 0) is 6.54 Å². The maximum atomic E-state index is 15.2. The Kier molecular flexibility index (Phi) is 7.13. The summed E-state index contributed by atoms with van der Waals surface area (Å²) in [5, 5.41) is 7.82. The summed E-state index contributed by atoms with van der Waals surface area (Å²) < 4.78 is 15.2. The Morgan fingerprint density at radius 2 is 1.94 bits per heavy atom. The fourth-order valence-electron chi connectivity index (χ4n) is 4.57. The van der Waals surface area contributed by atoms with Crippen molar-refractivity contribution in [3.8, 4) is 11.1 Å². The molecule has 1 fully saturated rings. The number of hydrogen-bond donors (Lipinski definition) is 2. The maximum absolute atomic E-state index is 15.2. The molecule has 2 N–H and O–H groups in total. The van der Waals surface area contributed by atoms with Gasteiger partial charge in [-0.3, -0.25) is 9.88 Å². The van der Waals surface area contributed by atoms with Gasteiger partial charge in [0.25, 0.3) is 0 Å². The van der Waals surface area contributed by atoms with E-state index in [0.29, 0.717) is 5.56 Å². The van der Waals surface area contributed by atoms with Crippen LogP contribution >= 0.6 is 11.8 Å². The fourth-order valence-corrected chi connectivity index (χ4v) is 5.15. The van der Waals surface area contributed by atoms with Crippen molar-refractivity contribution in [3.05, 3.63) is 90.4 Å². The molecule has 35 heavy (non-hydrogen) atoms. The molecule has 1 aromatic heterocycles. The lowest BCUT2D eigenvalue weighted by molar-refractivity contribution is 0.233. The molecule has 178 valence electrons. The first-order valence-electron chi connectivity index (χ1n) is 11.8. The highest BCUT2D eigenvalue weighted by Gasteiger charge is 2.13. The number of nitrogens with zero attached hydrogens (tertiary/aromatic N) is 2. The van der Waals surface area contributed by atoms with Crippen LogP contribution in [-0.4, -0.2) is 42.3 Å². The zero-order valence-corrected chi connectivity index (χ0v) is 20.7. The molecule has 2 heterocycles. The Hall–Kier alpha value is -3.19. The second kappa shape index (κ2) is 10.6. The summed E-state index contributed by atoms with van der Waals surface area (Å²) in [7, 11) is 0. The summed E-state index contributed by atoms with van der Waals surface area (Å²) in [4.78, 5) is 8.06. The second-order valence-corrected chi connectivity index (χ2v) is 9.56. The lowest BCUT2D eigenvalue weighted by atomic mass is 10.00. The normalized spacial score (nSPS) is 14.2. The van der Waals surface area contributed by atoms with Crippen molar-refractivity contribution in [3.63, 3.8) is 0 Å². The van der Waals surface area contributed by atoms with Crippen LogP contribution in [0.5, 0.6) is 0 Å². The number of hydrogen-bond acceptors (Lipinski definition) is 5. The molecule has 0 spiro atoms. The number of pyridine rings is 1. The maximum Gasteiger partial charge on any atom is 0.131 e. The third-order valence-electron chi connectivity index (χ3n) is 6.43. The highest BCUT2D eigenvalue weighted by atomic mass is 32.2. The van der Waals surface area contributed by atoms with Crippen molar-refractivity contribution in [2.75, 3.05) is 37.8 Å². The first-order chi connectivity index (χ1) is 17.1. The average molecular weight is 485 g/mol. The van der Waals surface area contributed by atoms with E-state index in [2.05, 4.69) is 51.6 Å². The minimum Gasteiger partial charge on any atom is -0.355 e.